The average molecular weight is 293 g/mol. The summed E-state index contributed by atoms with van der Waals surface area (Å²) in [6.07, 6.45) is 1.86. The van der Waals surface area contributed by atoms with Crippen LogP contribution in [0.15, 0.2) is 36.9 Å². The first-order chi connectivity index (χ1) is 10.2. The summed E-state index contributed by atoms with van der Waals surface area (Å²) in [6, 6.07) is 6.34. The highest BCUT2D eigenvalue weighted by Crippen LogP contribution is 2.33. The number of halogens is 1. The third-order valence-electron chi connectivity index (χ3n) is 3.85. The second-order valence-corrected chi connectivity index (χ2v) is 5.20. The molecule has 0 unspecified atom stereocenters. The van der Waals surface area contributed by atoms with Gasteiger partial charge in [-0.15, -0.1) is 0 Å². The number of rotatable bonds is 4. The number of hydrogen-bond donors (Lipinski definition) is 1. The van der Waals surface area contributed by atoms with Gasteiger partial charge in [0.25, 0.3) is 0 Å². The molecule has 21 heavy (non-hydrogen) atoms. The van der Waals surface area contributed by atoms with E-state index < -0.39 is 0 Å². The highest BCUT2D eigenvalue weighted by atomic mass is 19.1. The van der Waals surface area contributed by atoms with Gasteiger partial charge in [0.15, 0.2) is 0 Å². The van der Waals surface area contributed by atoms with E-state index in [4.69, 9.17) is 4.74 Å². The van der Waals surface area contributed by atoms with E-state index in [0.29, 0.717) is 13.1 Å². The van der Waals surface area contributed by atoms with Crippen LogP contribution in [0.1, 0.15) is 17.9 Å². The van der Waals surface area contributed by atoms with E-state index in [-0.39, 0.29) is 37.0 Å². The van der Waals surface area contributed by atoms with Crippen molar-refractivity contribution in [3.8, 4) is 0 Å². The van der Waals surface area contributed by atoms with Gasteiger partial charge in [0.1, 0.15) is 12.4 Å². The molecule has 0 aromatic heterocycles. The van der Waals surface area contributed by atoms with Crippen LogP contribution < -0.4 is 0 Å². The van der Waals surface area contributed by atoms with Crippen molar-refractivity contribution in [2.24, 2.45) is 5.92 Å². The lowest BCUT2D eigenvalue weighted by atomic mass is 9.81. The molecule has 1 saturated heterocycles. The molecule has 1 N–H and O–H groups in total. The molecule has 0 bridgehead atoms. The lowest BCUT2D eigenvalue weighted by Gasteiger charge is -2.37. The van der Waals surface area contributed by atoms with E-state index in [1.54, 1.807) is 17.0 Å². The molecule has 114 valence electrons. The van der Waals surface area contributed by atoms with Crippen LogP contribution in [0.25, 0.3) is 0 Å². The number of aliphatic hydroxyl groups is 1. The van der Waals surface area contributed by atoms with Gasteiger partial charge in [-0.3, -0.25) is 0 Å². The molecule has 1 aromatic carbocycles. The lowest BCUT2D eigenvalue weighted by Crippen LogP contribution is -2.44. The van der Waals surface area contributed by atoms with Gasteiger partial charge >= 0.3 is 6.09 Å². The largest absolute Gasteiger partial charge is 0.445 e. The summed E-state index contributed by atoms with van der Waals surface area (Å²) in [4.78, 5) is 13.4. The van der Waals surface area contributed by atoms with Gasteiger partial charge in [-0.25, -0.2) is 9.18 Å². The van der Waals surface area contributed by atoms with E-state index >= 15 is 0 Å². The van der Waals surface area contributed by atoms with E-state index in [0.717, 1.165) is 12.0 Å². The summed E-state index contributed by atoms with van der Waals surface area (Å²) in [5, 5.41) is 9.58. The molecule has 1 aliphatic heterocycles. The highest BCUT2D eigenvalue weighted by Gasteiger charge is 2.32. The van der Waals surface area contributed by atoms with Crippen LogP contribution in [0.3, 0.4) is 0 Å². The molecule has 1 fully saturated rings. The molecule has 0 aliphatic carbocycles. The fourth-order valence-electron chi connectivity index (χ4n) is 2.75. The predicted octanol–water partition coefficient (Wildman–Crippen LogP) is 2.55. The maximum Gasteiger partial charge on any atom is 0.410 e. The number of likely N-dealkylation sites (tertiary alicyclic amines) is 1. The number of aliphatic hydroxyl groups excluding tert-OH is 1. The molecule has 1 amide bonds. The molecule has 0 saturated carbocycles. The number of carbonyl (C=O) groups excluding carboxylic acids is 1. The first-order valence-electron chi connectivity index (χ1n) is 7.04. The molecule has 0 spiro atoms. The molecule has 1 aliphatic rings. The molecule has 5 heteroatoms. The van der Waals surface area contributed by atoms with Crippen molar-refractivity contribution in [2.45, 2.75) is 12.3 Å². The summed E-state index contributed by atoms with van der Waals surface area (Å²) in [6.45, 7) is 4.66. The van der Waals surface area contributed by atoms with Crippen molar-refractivity contribution >= 4 is 6.09 Å². The second kappa shape index (κ2) is 7.22. The average Bonchev–Trinajstić information content (AvgIpc) is 2.52. The van der Waals surface area contributed by atoms with Gasteiger partial charge in [-0.05, 0) is 30.0 Å². The maximum atomic E-state index is 13.0. The monoisotopic (exact) mass is 293 g/mol. The Bertz CT molecular complexity index is 489. The predicted molar refractivity (Wildman–Crippen MR) is 77.5 cm³/mol. The van der Waals surface area contributed by atoms with Crippen LogP contribution in [0.4, 0.5) is 9.18 Å². The highest BCUT2D eigenvalue weighted by molar-refractivity contribution is 5.67. The van der Waals surface area contributed by atoms with Crippen molar-refractivity contribution in [1.82, 2.24) is 4.90 Å². The zero-order valence-corrected chi connectivity index (χ0v) is 11.9. The Hall–Kier alpha value is -1.88. The van der Waals surface area contributed by atoms with Crippen molar-refractivity contribution in [3.05, 3.63) is 48.3 Å². The molecular formula is C16H20FNO3. The first kappa shape index (κ1) is 15.5. The third-order valence-corrected chi connectivity index (χ3v) is 3.85. The molecule has 4 nitrogen and oxygen atoms in total. The first-order valence-corrected chi connectivity index (χ1v) is 7.04. The second-order valence-electron chi connectivity index (χ2n) is 5.20. The third kappa shape index (κ3) is 3.82. The van der Waals surface area contributed by atoms with E-state index in [1.807, 2.05) is 0 Å². The minimum atomic E-state index is -0.383. The minimum Gasteiger partial charge on any atom is -0.445 e. The van der Waals surface area contributed by atoms with Crippen molar-refractivity contribution in [1.29, 1.82) is 0 Å². The fourth-order valence-corrected chi connectivity index (χ4v) is 2.75. The summed E-state index contributed by atoms with van der Waals surface area (Å²) < 4.78 is 18.0. The van der Waals surface area contributed by atoms with Crippen LogP contribution >= 0.6 is 0 Å². The maximum absolute atomic E-state index is 13.0. The Morgan fingerprint density at radius 1 is 1.48 bits per heavy atom. The van der Waals surface area contributed by atoms with Crippen LogP contribution in [-0.4, -0.2) is 42.4 Å². The number of benzene rings is 1. The number of piperidine rings is 1. The zero-order valence-electron chi connectivity index (χ0n) is 11.9. The molecule has 1 heterocycles. The molecule has 2 atom stereocenters. The van der Waals surface area contributed by atoms with Crippen LogP contribution in [0, 0.1) is 11.7 Å². The van der Waals surface area contributed by atoms with E-state index in [1.165, 1.54) is 18.2 Å². The molecular weight excluding hydrogens is 273 g/mol. The van der Waals surface area contributed by atoms with Crippen molar-refractivity contribution in [3.63, 3.8) is 0 Å². The van der Waals surface area contributed by atoms with Crippen molar-refractivity contribution in [2.75, 3.05) is 26.3 Å². The number of nitrogens with zero attached hydrogens (tertiary/aromatic N) is 1. The van der Waals surface area contributed by atoms with Gasteiger partial charge in [-0.2, -0.15) is 0 Å². The van der Waals surface area contributed by atoms with Crippen LogP contribution in [0.5, 0.6) is 0 Å². The summed E-state index contributed by atoms with van der Waals surface area (Å²) in [5.41, 5.74) is 0.995. The Labute approximate surface area is 123 Å². The van der Waals surface area contributed by atoms with E-state index in [2.05, 4.69) is 6.58 Å². The topological polar surface area (TPSA) is 49.8 Å². The van der Waals surface area contributed by atoms with Crippen LogP contribution in [-0.2, 0) is 4.74 Å². The molecule has 1 aromatic rings. The van der Waals surface area contributed by atoms with Gasteiger partial charge in [-0.1, -0.05) is 24.8 Å². The number of ether oxygens (including phenoxy) is 1. The Morgan fingerprint density at radius 3 is 2.81 bits per heavy atom. The normalized spacial score (nSPS) is 21.9. The van der Waals surface area contributed by atoms with Gasteiger partial charge in [0, 0.05) is 25.6 Å². The number of amides is 1. The number of carbonyl (C=O) groups is 1. The van der Waals surface area contributed by atoms with Crippen LogP contribution in [0.2, 0.25) is 0 Å². The Morgan fingerprint density at radius 2 is 2.19 bits per heavy atom. The summed E-state index contributed by atoms with van der Waals surface area (Å²) in [5.74, 6) is -0.218. The Kier molecular flexibility index (Phi) is 5.33. The molecule has 0 radical (unpaired) electrons. The smallest absolute Gasteiger partial charge is 0.410 e. The van der Waals surface area contributed by atoms with Gasteiger partial charge in [0.2, 0.25) is 0 Å². The Balaban J connectivity index is 2.03. The van der Waals surface area contributed by atoms with Gasteiger partial charge in [0.05, 0.1) is 0 Å². The van der Waals surface area contributed by atoms with Crippen molar-refractivity contribution < 1.29 is 19.0 Å². The summed E-state index contributed by atoms with van der Waals surface area (Å²) >= 11 is 0. The van der Waals surface area contributed by atoms with Gasteiger partial charge < -0.3 is 14.7 Å². The SMILES string of the molecule is C=CCOC(=O)N1CC[C@H](c2ccc(F)cc2)[C@@H](CO)C1. The quantitative estimate of drug-likeness (QED) is 0.868. The standard InChI is InChI=1S/C16H20FNO3/c1-2-9-21-16(20)18-8-7-15(13(10-18)11-19)12-3-5-14(17)6-4-12/h2-6,13,15,19H,1,7-11H2/t13-,15-/m1/s1. The molecule has 2 rings (SSSR count). The number of hydrogen-bond acceptors (Lipinski definition) is 3. The fraction of sp³-hybridized carbons (Fsp3) is 0.438. The van der Waals surface area contributed by atoms with E-state index in [9.17, 15) is 14.3 Å². The minimum absolute atomic E-state index is 0.0206. The zero-order chi connectivity index (χ0) is 15.2. The lowest BCUT2D eigenvalue weighted by molar-refractivity contribution is 0.0710. The summed E-state index contributed by atoms with van der Waals surface area (Å²) in [7, 11) is 0.